The molecule has 0 atom stereocenters. The summed E-state index contributed by atoms with van der Waals surface area (Å²) >= 11 is 0. The van der Waals surface area contributed by atoms with Crippen molar-refractivity contribution in [1.82, 2.24) is 9.97 Å². The van der Waals surface area contributed by atoms with Crippen LogP contribution >= 0.6 is 0 Å². The third-order valence-corrected chi connectivity index (χ3v) is 4.02. The molecule has 0 spiro atoms. The fourth-order valence-electron chi connectivity index (χ4n) is 2.86. The van der Waals surface area contributed by atoms with Crippen molar-refractivity contribution in [3.63, 3.8) is 0 Å². The molecule has 0 fully saturated rings. The van der Waals surface area contributed by atoms with Crippen molar-refractivity contribution < 1.29 is 14.2 Å². The Bertz CT molecular complexity index is 1070. The van der Waals surface area contributed by atoms with Gasteiger partial charge in [0.15, 0.2) is 0 Å². The quantitative estimate of drug-likeness (QED) is 0.477. The summed E-state index contributed by atoms with van der Waals surface area (Å²) in [6, 6.07) is 13.6. The molecule has 0 aliphatic carbocycles. The average molecular weight is 366 g/mol. The SMILES string of the molecule is CCC.Cc1cc(F)ccc1OCc1nc2c(cc(O)c3ccccc32)[nH]1. The van der Waals surface area contributed by atoms with Crippen molar-refractivity contribution in [3.05, 3.63) is 65.7 Å². The number of imidazole rings is 1. The molecule has 4 nitrogen and oxygen atoms in total. The third-order valence-electron chi connectivity index (χ3n) is 4.02. The van der Waals surface area contributed by atoms with E-state index in [0.29, 0.717) is 11.6 Å². The highest BCUT2D eigenvalue weighted by molar-refractivity contribution is 6.07. The molecule has 0 amide bonds. The number of aromatic nitrogens is 2. The summed E-state index contributed by atoms with van der Waals surface area (Å²) in [7, 11) is 0. The first-order chi connectivity index (χ1) is 13.0. The van der Waals surface area contributed by atoms with Gasteiger partial charge in [-0.15, -0.1) is 0 Å². The lowest BCUT2D eigenvalue weighted by Crippen LogP contribution is -1.99. The summed E-state index contributed by atoms with van der Waals surface area (Å²) in [4.78, 5) is 7.74. The van der Waals surface area contributed by atoms with Gasteiger partial charge in [0.2, 0.25) is 0 Å². The van der Waals surface area contributed by atoms with Gasteiger partial charge in [0.25, 0.3) is 0 Å². The molecule has 0 unspecified atom stereocenters. The molecule has 1 heterocycles. The second kappa shape index (κ2) is 8.08. The zero-order valence-electron chi connectivity index (χ0n) is 15.7. The highest BCUT2D eigenvalue weighted by Gasteiger charge is 2.11. The van der Waals surface area contributed by atoms with Crippen LogP contribution in [-0.2, 0) is 6.61 Å². The predicted octanol–water partition coefficient (Wildman–Crippen LogP) is 5.86. The van der Waals surface area contributed by atoms with Gasteiger partial charge in [0.05, 0.1) is 11.0 Å². The number of rotatable bonds is 3. The smallest absolute Gasteiger partial charge is 0.146 e. The molecule has 5 heteroatoms. The Hall–Kier alpha value is -3.08. The summed E-state index contributed by atoms with van der Waals surface area (Å²) in [5.74, 6) is 1.18. The van der Waals surface area contributed by atoms with Crippen LogP contribution in [0.5, 0.6) is 11.5 Å². The number of H-pyrrole nitrogens is 1. The Morgan fingerprint density at radius 1 is 1.07 bits per heavy atom. The van der Waals surface area contributed by atoms with Crippen LogP contribution < -0.4 is 4.74 Å². The van der Waals surface area contributed by atoms with Crippen LogP contribution in [0.1, 0.15) is 31.7 Å². The zero-order valence-corrected chi connectivity index (χ0v) is 15.7. The molecule has 0 aliphatic heterocycles. The Morgan fingerprint density at radius 2 is 1.78 bits per heavy atom. The van der Waals surface area contributed by atoms with E-state index in [2.05, 4.69) is 23.8 Å². The van der Waals surface area contributed by atoms with Crippen LogP contribution in [0.4, 0.5) is 4.39 Å². The minimum atomic E-state index is -0.287. The van der Waals surface area contributed by atoms with Gasteiger partial charge in [-0.05, 0) is 30.7 Å². The van der Waals surface area contributed by atoms with Crippen molar-refractivity contribution >= 4 is 21.8 Å². The Kier molecular flexibility index (Phi) is 5.60. The fourth-order valence-corrected chi connectivity index (χ4v) is 2.86. The van der Waals surface area contributed by atoms with Crippen molar-refractivity contribution in [2.45, 2.75) is 33.8 Å². The maximum absolute atomic E-state index is 13.1. The Balaban J connectivity index is 0.000000659. The van der Waals surface area contributed by atoms with E-state index in [4.69, 9.17) is 4.74 Å². The minimum Gasteiger partial charge on any atom is -0.507 e. The van der Waals surface area contributed by atoms with Crippen LogP contribution in [0.15, 0.2) is 48.5 Å². The second-order valence-corrected chi connectivity index (χ2v) is 6.43. The molecule has 2 N–H and O–H groups in total. The van der Waals surface area contributed by atoms with Crippen LogP contribution in [0.3, 0.4) is 0 Å². The fraction of sp³-hybridized carbons (Fsp3) is 0.227. The van der Waals surface area contributed by atoms with Gasteiger partial charge in [-0.2, -0.15) is 0 Å². The lowest BCUT2D eigenvalue weighted by molar-refractivity contribution is 0.295. The summed E-state index contributed by atoms with van der Waals surface area (Å²) in [6.45, 7) is 6.28. The Morgan fingerprint density at radius 3 is 2.48 bits per heavy atom. The number of nitrogens with zero attached hydrogens (tertiary/aromatic N) is 1. The summed E-state index contributed by atoms with van der Waals surface area (Å²) in [5.41, 5.74) is 2.27. The van der Waals surface area contributed by atoms with Crippen molar-refractivity contribution in [3.8, 4) is 11.5 Å². The van der Waals surface area contributed by atoms with Crippen molar-refractivity contribution in [2.24, 2.45) is 0 Å². The summed E-state index contributed by atoms with van der Waals surface area (Å²) in [6.07, 6.45) is 1.25. The first kappa shape index (κ1) is 18.7. The van der Waals surface area contributed by atoms with Crippen molar-refractivity contribution in [2.75, 3.05) is 0 Å². The highest BCUT2D eigenvalue weighted by atomic mass is 19.1. The monoisotopic (exact) mass is 366 g/mol. The second-order valence-electron chi connectivity index (χ2n) is 6.43. The van der Waals surface area contributed by atoms with Gasteiger partial charge in [-0.25, -0.2) is 9.37 Å². The molecule has 0 bridgehead atoms. The Labute approximate surface area is 157 Å². The van der Waals surface area contributed by atoms with E-state index in [1.807, 2.05) is 24.3 Å². The van der Waals surface area contributed by atoms with Gasteiger partial charge >= 0.3 is 0 Å². The van der Waals surface area contributed by atoms with Crippen molar-refractivity contribution in [1.29, 1.82) is 0 Å². The molecule has 0 saturated carbocycles. The van der Waals surface area contributed by atoms with Gasteiger partial charge in [0, 0.05) is 16.8 Å². The normalized spacial score (nSPS) is 10.7. The number of aromatic amines is 1. The third kappa shape index (κ3) is 4.03. The molecule has 4 aromatic rings. The number of aryl methyl sites for hydroxylation is 1. The number of hydrogen-bond acceptors (Lipinski definition) is 3. The minimum absolute atomic E-state index is 0.212. The van der Waals surface area contributed by atoms with E-state index >= 15 is 0 Å². The number of benzene rings is 3. The van der Waals surface area contributed by atoms with Crippen LogP contribution in [0.2, 0.25) is 0 Å². The van der Waals surface area contributed by atoms with Crippen LogP contribution in [0.25, 0.3) is 21.8 Å². The molecule has 27 heavy (non-hydrogen) atoms. The number of hydrogen-bond donors (Lipinski definition) is 2. The van der Waals surface area contributed by atoms with Gasteiger partial charge < -0.3 is 14.8 Å². The number of fused-ring (bicyclic) bond motifs is 3. The first-order valence-electron chi connectivity index (χ1n) is 9.01. The molecule has 4 rings (SSSR count). The number of phenolic OH excluding ortho intramolecular Hbond substituents is 1. The number of ether oxygens (including phenoxy) is 1. The number of nitrogens with one attached hydrogen (secondary N) is 1. The lowest BCUT2D eigenvalue weighted by atomic mass is 10.1. The van der Waals surface area contributed by atoms with Gasteiger partial charge in [-0.1, -0.05) is 44.5 Å². The lowest BCUT2D eigenvalue weighted by Gasteiger charge is -2.07. The molecular formula is C22H23FN2O2. The highest BCUT2D eigenvalue weighted by Crippen LogP contribution is 2.31. The number of aromatic hydroxyl groups is 1. The molecule has 3 aromatic carbocycles. The first-order valence-corrected chi connectivity index (χ1v) is 9.01. The summed E-state index contributed by atoms with van der Waals surface area (Å²) in [5, 5.41) is 11.8. The van der Waals surface area contributed by atoms with E-state index in [1.165, 1.54) is 18.6 Å². The maximum Gasteiger partial charge on any atom is 0.146 e. The van der Waals surface area contributed by atoms with E-state index in [9.17, 15) is 9.50 Å². The molecule has 0 saturated heterocycles. The van der Waals surface area contributed by atoms with E-state index in [0.717, 1.165) is 27.4 Å². The molecule has 1 aromatic heterocycles. The number of halogens is 1. The standard InChI is InChI=1S/C19H15FN2O2.C3H8/c1-11-8-12(20)6-7-17(11)24-10-18-21-15-9-16(23)13-4-2-3-5-14(13)19(15)22-18;1-3-2/h2-9,23H,10H2,1H3,(H,21,22);3H2,1-2H3. The van der Waals surface area contributed by atoms with Crippen LogP contribution in [-0.4, -0.2) is 15.1 Å². The van der Waals surface area contributed by atoms with Crippen LogP contribution in [0, 0.1) is 12.7 Å². The average Bonchev–Trinajstić information content (AvgIpc) is 3.05. The molecule has 140 valence electrons. The van der Waals surface area contributed by atoms with E-state index in [1.54, 1.807) is 19.1 Å². The number of phenols is 1. The van der Waals surface area contributed by atoms with Gasteiger partial charge in [-0.3, -0.25) is 0 Å². The largest absolute Gasteiger partial charge is 0.507 e. The topological polar surface area (TPSA) is 58.1 Å². The van der Waals surface area contributed by atoms with E-state index < -0.39 is 0 Å². The molecule has 0 radical (unpaired) electrons. The van der Waals surface area contributed by atoms with E-state index in [-0.39, 0.29) is 18.2 Å². The molecule has 0 aliphatic rings. The summed E-state index contributed by atoms with van der Waals surface area (Å²) < 4.78 is 18.9. The van der Waals surface area contributed by atoms with Gasteiger partial charge in [0.1, 0.15) is 29.7 Å². The maximum atomic E-state index is 13.1. The molecular weight excluding hydrogens is 343 g/mol. The predicted molar refractivity (Wildman–Crippen MR) is 107 cm³/mol. The zero-order chi connectivity index (χ0) is 19.4.